The molecule has 1 N–H and O–H groups in total. The number of aromatic nitrogens is 2. The van der Waals surface area contributed by atoms with Crippen LogP contribution in [-0.4, -0.2) is 9.97 Å². The summed E-state index contributed by atoms with van der Waals surface area (Å²) >= 11 is 0. The molecular formula is C14H15FN2O. The summed E-state index contributed by atoms with van der Waals surface area (Å²) in [6, 6.07) is 4.86. The van der Waals surface area contributed by atoms with Crippen LogP contribution in [0.25, 0.3) is 10.9 Å². The fourth-order valence-electron chi connectivity index (χ4n) is 2.87. The molecular weight excluding hydrogens is 231 g/mol. The average Bonchev–Trinajstić information content (AvgIpc) is 2.40. The first-order valence-corrected chi connectivity index (χ1v) is 6.44. The van der Waals surface area contributed by atoms with Crippen molar-refractivity contribution in [1.82, 2.24) is 9.97 Å². The Morgan fingerprint density at radius 3 is 2.78 bits per heavy atom. The van der Waals surface area contributed by atoms with Crippen molar-refractivity contribution < 1.29 is 4.39 Å². The van der Waals surface area contributed by atoms with E-state index in [2.05, 4.69) is 9.97 Å². The van der Waals surface area contributed by atoms with Crippen LogP contribution < -0.4 is 5.69 Å². The van der Waals surface area contributed by atoms with E-state index in [-0.39, 0.29) is 5.52 Å². The highest BCUT2D eigenvalue weighted by Gasteiger charge is 2.20. The standard InChI is InChI=1S/C14H15FN2O/c15-11-8-4-7-10-12(9-5-2-1-3-6-9)16-14(18)17-13(10)11/h4,7-9H,1-3,5-6H2,(H,16,17,18). The van der Waals surface area contributed by atoms with Gasteiger partial charge in [0, 0.05) is 11.1 Å². The second-order valence-electron chi connectivity index (χ2n) is 4.93. The number of fused-ring (bicyclic) bond motifs is 1. The Balaban J connectivity index is 2.21. The van der Waals surface area contributed by atoms with Crippen LogP contribution in [0.5, 0.6) is 0 Å². The third-order valence-electron chi connectivity index (χ3n) is 3.75. The van der Waals surface area contributed by atoms with Gasteiger partial charge in [-0.2, -0.15) is 4.98 Å². The van der Waals surface area contributed by atoms with Gasteiger partial charge >= 0.3 is 5.69 Å². The number of hydrogen-bond acceptors (Lipinski definition) is 2. The monoisotopic (exact) mass is 246 g/mol. The van der Waals surface area contributed by atoms with Crippen molar-refractivity contribution >= 4 is 10.9 Å². The van der Waals surface area contributed by atoms with Crippen molar-refractivity contribution in [2.75, 3.05) is 0 Å². The van der Waals surface area contributed by atoms with Crippen molar-refractivity contribution in [2.45, 2.75) is 38.0 Å². The molecule has 0 radical (unpaired) electrons. The Hall–Kier alpha value is -1.71. The maximum atomic E-state index is 13.7. The number of nitrogens with one attached hydrogen (secondary N) is 1. The van der Waals surface area contributed by atoms with E-state index in [0.717, 1.165) is 23.9 Å². The molecule has 1 aromatic carbocycles. The fraction of sp³-hybridized carbons (Fsp3) is 0.429. The molecule has 1 fully saturated rings. The average molecular weight is 246 g/mol. The highest BCUT2D eigenvalue weighted by atomic mass is 19.1. The lowest BCUT2D eigenvalue weighted by Crippen LogP contribution is -2.17. The lowest BCUT2D eigenvalue weighted by Gasteiger charge is -2.22. The molecule has 0 saturated heterocycles. The summed E-state index contributed by atoms with van der Waals surface area (Å²) in [6.45, 7) is 0. The van der Waals surface area contributed by atoms with E-state index in [4.69, 9.17) is 0 Å². The van der Waals surface area contributed by atoms with Gasteiger partial charge < -0.3 is 4.98 Å². The summed E-state index contributed by atoms with van der Waals surface area (Å²) in [5, 5.41) is 0.751. The van der Waals surface area contributed by atoms with Crippen LogP contribution in [0.4, 0.5) is 4.39 Å². The van der Waals surface area contributed by atoms with Gasteiger partial charge in [0.05, 0.1) is 0 Å². The molecule has 3 nitrogen and oxygen atoms in total. The molecule has 0 unspecified atom stereocenters. The number of benzene rings is 1. The Bertz CT molecular complexity index is 629. The first-order chi connectivity index (χ1) is 8.75. The molecule has 1 heterocycles. The lowest BCUT2D eigenvalue weighted by atomic mass is 9.85. The minimum atomic E-state index is -0.451. The Labute approximate surface area is 104 Å². The summed E-state index contributed by atoms with van der Waals surface area (Å²) < 4.78 is 13.7. The predicted octanol–water partition coefficient (Wildman–Crippen LogP) is 3.11. The van der Waals surface area contributed by atoms with Gasteiger partial charge in [-0.1, -0.05) is 31.4 Å². The molecule has 0 atom stereocenters. The van der Waals surface area contributed by atoms with Gasteiger partial charge in [0.2, 0.25) is 0 Å². The number of H-pyrrole nitrogens is 1. The smallest absolute Gasteiger partial charge is 0.309 e. The van der Waals surface area contributed by atoms with Gasteiger partial charge in [-0.05, 0) is 24.8 Å². The summed E-state index contributed by atoms with van der Waals surface area (Å²) in [6.07, 6.45) is 5.72. The third-order valence-corrected chi connectivity index (χ3v) is 3.75. The van der Waals surface area contributed by atoms with Gasteiger partial charge in [0.1, 0.15) is 11.3 Å². The normalized spacial score (nSPS) is 17.2. The van der Waals surface area contributed by atoms with E-state index in [0.29, 0.717) is 5.92 Å². The molecule has 3 rings (SSSR count). The summed E-state index contributed by atoms with van der Waals surface area (Å²) in [7, 11) is 0. The SMILES string of the molecule is O=c1nc2c(F)cccc2c(C2CCCCC2)[nH]1. The van der Waals surface area contributed by atoms with Crippen molar-refractivity contribution in [3.8, 4) is 0 Å². The zero-order valence-corrected chi connectivity index (χ0v) is 10.1. The van der Waals surface area contributed by atoms with Crippen LogP contribution >= 0.6 is 0 Å². The predicted molar refractivity (Wildman–Crippen MR) is 68.1 cm³/mol. The second-order valence-corrected chi connectivity index (χ2v) is 4.93. The maximum absolute atomic E-state index is 13.7. The van der Waals surface area contributed by atoms with E-state index in [9.17, 15) is 9.18 Å². The Morgan fingerprint density at radius 2 is 2.00 bits per heavy atom. The van der Waals surface area contributed by atoms with Gasteiger partial charge in [0.15, 0.2) is 0 Å². The van der Waals surface area contributed by atoms with Crippen LogP contribution in [0, 0.1) is 5.82 Å². The zero-order valence-electron chi connectivity index (χ0n) is 10.1. The van der Waals surface area contributed by atoms with Gasteiger partial charge in [-0.15, -0.1) is 0 Å². The lowest BCUT2D eigenvalue weighted by molar-refractivity contribution is 0.438. The van der Waals surface area contributed by atoms with Crippen molar-refractivity contribution in [2.24, 2.45) is 0 Å². The Morgan fingerprint density at radius 1 is 1.22 bits per heavy atom. The minimum Gasteiger partial charge on any atom is -0.309 e. The quantitative estimate of drug-likeness (QED) is 0.840. The molecule has 2 aromatic rings. The van der Waals surface area contributed by atoms with E-state index in [1.54, 1.807) is 6.07 Å². The number of halogens is 1. The van der Waals surface area contributed by atoms with Gasteiger partial charge in [-0.25, -0.2) is 9.18 Å². The van der Waals surface area contributed by atoms with Crippen molar-refractivity contribution in [1.29, 1.82) is 0 Å². The summed E-state index contributed by atoms with van der Waals surface area (Å²) in [5.74, 6) is -0.0885. The third kappa shape index (κ3) is 1.92. The van der Waals surface area contributed by atoms with Crippen LogP contribution in [0.15, 0.2) is 23.0 Å². The number of nitrogens with zero attached hydrogens (tertiary/aromatic N) is 1. The van der Waals surface area contributed by atoms with E-state index >= 15 is 0 Å². The molecule has 18 heavy (non-hydrogen) atoms. The van der Waals surface area contributed by atoms with E-state index < -0.39 is 11.5 Å². The summed E-state index contributed by atoms with van der Waals surface area (Å²) in [5.41, 5.74) is 0.610. The van der Waals surface area contributed by atoms with Crippen LogP contribution in [0.2, 0.25) is 0 Å². The van der Waals surface area contributed by atoms with E-state index in [1.807, 2.05) is 6.07 Å². The Kier molecular flexibility index (Phi) is 2.86. The maximum Gasteiger partial charge on any atom is 0.345 e. The van der Waals surface area contributed by atoms with Crippen molar-refractivity contribution in [3.05, 3.63) is 40.2 Å². The van der Waals surface area contributed by atoms with Gasteiger partial charge in [0.25, 0.3) is 0 Å². The van der Waals surface area contributed by atoms with Crippen LogP contribution in [0.3, 0.4) is 0 Å². The minimum absolute atomic E-state index is 0.196. The molecule has 4 heteroatoms. The number of aromatic amines is 1. The molecule has 0 bridgehead atoms. The number of hydrogen-bond donors (Lipinski definition) is 1. The molecule has 0 amide bonds. The first kappa shape index (κ1) is 11.4. The number of rotatable bonds is 1. The first-order valence-electron chi connectivity index (χ1n) is 6.44. The van der Waals surface area contributed by atoms with E-state index in [1.165, 1.54) is 25.3 Å². The fourth-order valence-corrected chi connectivity index (χ4v) is 2.87. The van der Waals surface area contributed by atoms with Crippen molar-refractivity contribution in [3.63, 3.8) is 0 Å². The highest BCUT2D eigenvalue weighted by molar-refractivity contribution is 5.81. The molecule has 1 aliphatic rings. The zero-order chi connectivity index (χ0) is 12.5. The molecule has 94 valence electrons. The van der Waals surface area contributed by atoms with Crippen LogP contribution in [-0.2, 0) is 0 Å². The molecule has 0 aliphatic heterocycles. The summed E-state index contributed by atoms with van der Waals surface area (Å²) in [4.78, 5) is 18.1. The van der Waals surface area contributed by atoms with Gasteiger partial charge in [-0.3, -0.25) is 0 Å². The number of para-hydroxylation sites is 1. The molecule has 0 spiro atoms. The second kappa shape index (κ2) is 4.52. The highest BCUT2D eigenvalue weighted by Crippen LogP contribution is 2.34. The largest absolute Gasteiger partial charge is 0.345 e. The molecule has 1 aliphatic carbocycles. The molecule has 1 aromatic heterocycles. The topological polar surface area (TPSA) is 45.8 Å². The van der Waals surface area contributed by atoms with Crippen LogP contribution in [0.1, 0.15) is 43.7 Å². The molecule has 1 saturated carbocycles.